The van der Waals surface area contributed by atoms with Crippen molar-refractivity contribution in [2.75, 3.05) is 5.32 Å². The third kappa shape index (κ3) is 4.20. The van der Waals surface area contributed by atoms with Crippen LogP contribution in [-0.2, 0) is 6.54 Å². The Morgan fingerprint density at radius 1 is 1.00 bits per heavy atom. The van der Waals surface area contributed by atoms with Gasteiger partial charge in [0.05, 0.1) is 12.1 Å². The second kappa shape index (κ2) is 7.67. The monoisotopic (exact) mass is 392 g/mol. The molecule has 1 heterocycles. The number of amides is 1. The predicted octanol–water partition coefficient (Wildman–Crippen LogP) is 4.22. The summed E-state index contributed by atoms with van der Waals surface area (Å²) in [5.74, 6) is -3.37. The van der Waals surface area contributed by atoms with Gasteiger partial charge in [-0.25, -0.2) is 13.2 Å². The highest BCUT2D eigenvalue weighted by molar-refractivity contribution is 6.31. The molecule has 0 unspecified atom stereocenters. The molecule has 0 radical (unpaired) electrons. The minimum Gasteiger partial charge on any atom is -0.322 e. The Balaban J connectivity index is 1.87. The van der Waals surface area contributed by atoms with E-state index in [4.69, 9.17) is 11.6 Å². The van der Waals surface area contributed by atoms with E-state index in [2.05, 4.69) is 5.32 Å². The van der Waals surface area contributed by atoms with E-state index in [0.717, 1.165) is 22.8 Å². The zero-order valence-electron chi connectivity index (χ0n) is 13.7. The number of nitrogens with one attached hydrogen (secondary N) is 1. The van der Waals surface area contributed by atoms with E-state index < -0.39 is 28.9 Å². The smallest absolute Gasteiger partial charge is 0.257 e. The first-order chi connectivity index (χ1) is 12.8. The van der Waals surface area contributed by atoms with Crippen LogP contribution in [0.3, 0.4) is 0 Å². The lowest BCUT2D eigenvalue weighted by atomic mass is 10.2. The predicted molar refractivity (Wildman–Crippen MR) is 95.5 cm³/mol. The zero-order chi connectivity index (χ0) is 19.6. The number of benzene rings is 2. The number of carbonyl (C=O) groups excluding carboxylic acids is 1. The van der Waals surface area contributed by atoms with Crippen molar-refractivity contribution < 1.29 is 18.0 Å². The molecule has 0 bridgehead atoms. The molecule has 0 spiro atoms. The van der Waals surface area contributed by atoms with Gasteiger partial charge in [-0.3, -0.25) is 9.59 Å². The number of nitrogens with zero attached hydrogens (tertiary/aromatic N) is 1. The molecular weight excluding hydrogens is 381 g/mol. The quantitative estimate of drug-likeness (QED) is 0.722. The van der Waals surface area contributed by atoms with Gasteiger partial charge in [0.25, 0.3) is 11.5 Å². The van der Waals surface area contributed by atoms with Gasteiger partial charge in [0.1, 0.15) is 5.82 Å². The Kier molecular flexibility index (Phi) is 5.32. The van der Waals surface area contributed by atoms with Gasteiger partial charge >= 0.3 is 0 Å². The van der Waals surface area contributed by atoms with Gasteiger partial charge in [-0.1, -0.05) is 17.7 Å². The number of pyridine rings is 1. The highest BCUT2D eigenvalue weighted by atomic mass is 35.5. The number of rotatable bonds is 4. The van der Waals surface area contributed by atoms with Crippen molar-refractivity contribution in [2.45, 2.75) is 6.54 Å². The number of carbonyl (C=O) groups is 1. The lowest BCUT2D eigenvalue weighted by Gasteiger charge is -2.11. The Morgan fingerprint density at radius 2 is 1.78 bits per heavy atom. The van der Waals surface area contributed by atoms with E-state index in [-0.39, 0.29) is 28.4 Å². The molecule has 3 rings (SSSR count). The number of hydrogen-bond donors (Lipinski definition) is 1. The van der Waals surface area contributed by atoms with Crippen LogP contribution in [0.1, 0.15) is 15.9 Å². The number of hydrogen-bond acceptors (Lipinski definition) is 2. The first kappa shape index (κ1) is 18.7. The summed E-state index contributed by atoms with van der Waals surface area (Å²) in [4.78, 5) is 24.4. The maximum Gasteiger partial charge on any atom is 0.257 e. The van der Waals surface area contributed by atoms with Crippen LogP contribution in [0.4, 0.5) is 18.9 Å². The minimum absolute atomic E-state index is 0.0498. The molecule has 0 saturated heterocycles. The molecule has 27 heavy (non-hydrogen) atoms. The van der Waals surface area contributed by atoms with Gasteiger partial charge in [-0.15, -0.1) is 0 Å². The van der Waals surface area contributed by atoms with Crippen molar-refractivity contribution in [2.24, 2.45) is 0 Å². The Hall–Kier alpha value is -3.06. The lowest BCUT2D eigenvalue weighted by molar-refractivity contribution is 0.102. The zero-order valence-corrected chi connectivity index (χ0v) is 14.4. The van der Waals surface area contributed by atoms with Crippen LogP contribution in [0, 0.1) is 17.5 Å². The fraction of sp³-hybridized carbons (Fsp3) is 0.0526. The highest BCUT2D eigenvalue weighted by Gasteiger charge is 2.13. The van der Waals surface area contributed by atoms with Crippen molar-refractivity contribution in [3.8, 4) is 0 Å². The lowest BCUT2D eigenvalue weighted by Crippen LogP contribution is -2.23. The van der Waals surface area contributed by atoms with Crippen LogP contribution in [-0.4, -0.2) is 10.5 Å². The van der Waals surface area contributed by atoms with Gasteiger partial charge in [0, 0.05) is 34.6 Å². The Bertz CT molecular complexity index is 1060. The molecule has 0 fully saturated rings. The molecule has 0 aliphatic heterocycles. The molecular formula is C19H12ClF3N2O2. The minimum atomic E-state index is -1.10. The van der Waals surface area contributed by atoms with Gasteiger partial charge < -0.3 is 9.88 Å². The van der Waals surface area contributed by atoms with Crippen molar-refractivity contribution in [3.63, 3.8) is 0 Å². The molecule has 3 aromatic rings. The summed E-state index contributed by atoms with van der Waals surface area (Å²) in [6.07, 6.45) is 1.24. The van der Waals surface area contributed by atoms with Crippen LogP contribution in [0.2, 0.25) is 5.02 Å². The van der Waals surface area contributed by atoms with Crippen LogP contribution >= 0.6 is 11.6 Å². The summed E-state index contributed by atoms with van der Waals surface area (Å²) in [6, 6.07) is 9.48. The highest BCUT2D eigenvalue weighted by Crippen LogP contribution is 2.20. The van der Waals surface area contributed by atoms with Gasteiger partial charge in [-0.2, -0.15) is 0 Å². The number of aromatic nitrogens is 1. The maximum atomic E-state index is 13.9. The second-order valence-corrected chi connectivity index (χ2v) is 6.07. The van der Waals surface area contributed by atoms with Crippen LogP contribution in [0.25, 0.3) is 0 Å². The average Bonchev–Trinajstić information content (AvgIpc) is 2.63. The Labute approximate surface area is 156 Å². The van der Waals surface area contributed by atoms with Gasteiger partial charge in [0.15, 0.2) is 11.6 Å². The standard InChI is InChI=1S/C19H12ClF3N2O2/c20-14-2-1-3-15(21)13(14)10-25-9-11(4-7-18(25)26)19(27)24-12-5-6-16(22)17(23)8-12/h1-9H,10H2,(H,24,27). The first-order valence-corrected chi connectivity index (χ1v) is 8.13. The third-order valence-electron chi connectivity index (χ3n) is 3.81. The van der Waals surface area contributed by atoms with Crippen molar-refractivity contribution in [1.29, 1.82) is 0 Å². The van der Waals surface area contributed by atoms with Crippen molar-refractivity contribution in [1.82, 2.24) is 4.57 Å². The van der Waals surface area contributed by atoms with Crippen LogP contribution in [0.5, 0.6) is 0 Å². The second-order valence-electron chi connectivity index (χ2n) is 5.67. The molecule has 2 aromatic carbocycles. The van der Waals surface area contributed by atoms with E-state index in [1.807, 2.05) is 0 Å². The Morgan fingerprint density at radius 3 is 2.48 bits per heavy atom. The van der Waals surface area contributed by atoms with Crippen LogP contribution < -0.4 is 10.9 Å². The van der Waals surface area contributed by atoms with Gasteiger partial charge in [0.2, 0.25) is 0 Å². The fourth-order valence-electron chi connectivity index (χ4n) is 2.42. The summed E-state index contributed by atoms with van der Waals surface area (Å²) in [5, 5.41) is 2.55. The van der Waals surface area contributed by atoms with Crippen molar-refractivity contribution in [3.05, 3.63) is 98.7 Å². The van der Waals surface area contributed by atoms with E-state index in [0.29, 0.717) is 0 Å². The number of anilines is 1. The molecule has 138 valence electrons. The van der Waals surface area contributed by atoms with Crippen LogP contribution in [0.15, 0.2) is 59.5 Å². The summed E-state index contributed by atoms with van der Waals surface area (Å²) in [7, 11) is 0. The molecule has 0 atom stereocenters. The van der Waals surface area contributed by atoms with E-state index in [1.165, 1.54) is 36.5 Å². The molecule has 0 aliphatic rings. The molecule has 1 N–H and O–H groups in total. The topological polar surface area (TPSA) is 51.1 Å². The van der Waals surface area contributed by atoms with E-state index in [9.17, 15) is 22.8 Å². The molecule has 1 aromatic heterocycles. The molecule has 4 nitrogen and oxygen atoms in total. The summed E-state index contributed by atoms with van der Waals surface area (Å²) in [5.41, 5.74) is -0.223. The molecule has 8 heteroatoms. The third-order valence-corrected chi connectivity index (χ3v) is 4.17. The number of halogens is 4. The normalized spacial score (nSPS) is 10.7. The molecule has 0 saturated carbocycles. The first-order valence-electron chi connectivity index (χ1n) is 7.75. The summed E-state index contributed by atoms with van der Waals surface area (Å²) in [6.45, 7) is -0.170. The summed E-state index contributed by atoms with van der Waals surface area (Å²) >= 11 is 5.97. The average molecular weight is 393 g/mol. The largest absolute Gasteiger partial charge is 0.322 e. The SMILES string of the molecule is O=C(Nc1ccc(F)c(F)c1)c1ccc(=O)n(Cc2c(F)cccc2Cl)c1. The summed E-state index contributed by atoms with van der Waals surface area (Å²) < 4.78 is 41.3. The van der Waals surface area contributed by atoms with Gasteiger partial charge in [-0.05, 0) is 30.3 Å². The maximum absolute atomic E-state index is 13.9. The van der Waals surface area contributed by atoms with E-state index in [1.54, 1.807) is 0 Å². The molecule has 0 aliphatic carbocycles. The molecule has 1 amide bonds. The van der Waals surface area contributed by atoms with Crippen molar-refractivity contribution >= 4 is 23.2 Å². The van der Waals surface area contributed by atoms with E-state index >= 15 is 0 Å². The fourth-order valence-corrected chi connectivity index (χ4v) is 2.64.